The Hall–Kier alpha value is -1.39. The fourth-order valence-corrected chi connectivity index (χ4v) is 14.9. The number of carboxylic acids is 1. The van der Waals surface area contributed by atoms with Gasteiger partial charge in [-0.3, -0.25) is 4.79 Å². The summed E-state index contributed by atoms with van der Waals surface area (Å²) in [6, 6.07) is 0. The van der Waals surface area contributed by atoms with Crippen LogP contribution in [0, 0.1) is 50.2 Å². The first kappa shape index (κ1) is 49.0. The number of aliphatic hydroxyl groups is 9. The van der Waals surface area contributed by atoms with Gasteiger partial charge in [-0.2, -0.15) is 0 Å². The summed E-state index contributed by atoms with van der Waals surface area (Å²) in [6.07, 6.45) is -11.3. The molecule has 0 aromatic carbocycles. The number of hydrogen-bond donors (Lipinski definition) is 10. The van der Waals surface area contributed by atoms with Crippen molar-refractivity contribution < 1.29 is 84.3 Å². The maximum absolute atomic E-state index is 13.1. The van der Waals surface area contributed by atoms with Gasteiger partial charge in [-0.05, 0) is 111 Å². The zero-order valence-electron chi connectivity index (χ0n) is 38.5. The molecule has 5 aliphatic carbocycles. The molecule has 17 nitrogen and oxygen atoms in total. The van der Waals surface area contributed by atoms with Crippen LogP contribution in [0.4, 0.5) is 0 Å². The molecule has 4 saturated carbocycles. The lowest BCUT2D eigenvalue weighted by molar-refractivity contribution is -0.367. The highest BCUT2D eigenvalue weighted by Crippen LogP contribution is 2.76. The fourth-order valence-electron chi connectivity index (χ4n) is 14.9. The quantitative estimate of drug-likeness (QED) is 0.139. The van der Waals surface area contributed by atoms with Crippen molar-refractivity contribution in [2.24, 2.45) is 50.2 Å². The average molecular weight is 913 g/mol. The molecule has 23 atom stereocenters. The van der Waals surface area contributed by atoms with Crippen LogP contribution in [-0.2, 0) is 33.2 Å². The Bertz CT molecular complexity index is 1750. The molecule has 0 amide bonds. The SMILES string of the molecule is C[C@@H]1O[C@@H](O[C@H]2[C@H](O[C@H]3CC[C@@]4(C)[C@@H](CC[C@]5(C)[C@@H]4CC=C4[C@@H]6CC(C)(C)CC[C@]6(C(=O)O)CC[C@]45C)[C@]3(C)CO)O[C@@H](CO)[C@@H]2O)[C@H](O)[C@H](O[C@@H]2O[C@H](CO)[C@@H](O)[C@H](O)[C@@H]2O)[C@H]1O. The Kier molecular flexibility index (Phi) is 13.2. The van der Waals surface area contributed by atoms with E-state index in [0.717, 1.165) is 44.9 Å². The van der Waals surface area contributed by atoms with Crippen molar-refractivity contribution in [3.05, 3.63) is 11.6 Å². The highest BCUT2D eigenvalue weighted by molar-refractivity contribution is 5.76. The zero-order valence-corrected chi connectivity index (χ0v) is 38.5. The van der Waals surface area contributed by atoms with Gasteiger partial charge < -0.3 is 79.5 Å². The van der Waals surface area contributed by atoms with Crippen LogP contribution in [0.5, 0.6) is 0 Å². The number of ether oxygens (including phenoxy) is 6. The van der Waals surface area contributed by atoms with E-state index in [2.05, 4.69) is 40.7 Å². The molecule has 0 spiro atoms. The van der Waals surface area contributed by atoms with Crippen LogP contribution < -0.4 is 0 Å². The Morgan fingerprint density at radius 3 is 1.95 bits per heavy atom. The van der Waals surface area contributed by atoms with E-state index < -0.39 is 122 Å². The van der Waals surface area contributed by atoms with E-state index in [1.165, 1.54) is 12.5 Å². The van der Waals surface area contributed by atoms with Crippen LogP contribution in [0.1, 0.15) is 113 Å². The summed E-state index contributed by atoms with van der Waals surface area (Å²) in [5, 5.41) is 107. The first-order valence-electron chi connectivity index (χ1n) is 23.7. The first-order chi connectivity index (χ1) is 30.0. The molecule has 0 bridgehead atoms. The third-order valence-electron chi connectivity index (χ3n) is 19.1. The first-order valence-corrected chi connectivity index (χ1v) is 23.7. The molecule has 366 valence electrons. The molecule has 0 aromatic heterocycles. The third-order valence-corrected chi connectivity index (χ3v) is 19.1. The van der Waals surface area contributed by atoms with Crippen LogP contribution in [0.2, 0.25) is 0 Å². The van der Waals surface area contributed by atoms with Gasteiger partial charge in [0.2, 0.25) is 0 Å². The highest BCUT2D eigenvalue weighted by Gasteiger charge is 2.70. The topological polar surface area (TPSA) is 275 Å². The smallest absolute Gasteiger partial charge is 0.310 e. The van der Waals surface area contributed by atoms with E-state index in [4.69, 9.17) is 28.4 Å². The van der Waals surface area contributed by atoms with Gasteiger partial charge >= 0.3 is 5.97 Å². The second-order valence-electron chi connectivity index (χ2n) is 22.8. The van der Waals surface area contributed by atoms with Crippen molar-refractivity contribution in [1.29, 1.82) is 0 Å². The Morgan fingerprint density at radius 1 is 0.672 bits per heavy atom. The van der Waals surface area contributed by atoms with Crippen LogP contribution in [-0.4, -0.2) is 169 Å². The summed E-state index contributed by atoms with van der Waals surface area (Å²) in [5.74, 6) is -0.390. The van der Waals surface area contributed by atoms with Crippen LogP contribution in [0.15, 0.2) is 11.6 Å². The van der Waals surface area contributed by atoms with Crippen molar-refractivity contribution in [2.75, 3.05) is 19.8 Å². The monoisotopic (exact) mass is 913 g/mol. The van der Waals surface area contributed by atoms with Crippen LogP contribution in [0.3, 0.4) is 0 Å². The molecule has 0 aromatic rings. The largest absolute Gasteiger partial charge is 0.481 e. The Balaban J connectivity index is 1.01. The van der Waals surface area contributed by atoms with Crippen molar-refractivity contribution >= 4 is 5.97 Å². The molecule has 64 heavy (non-hydrogen) atoms. The number of fused-ring (bicyclic) bond motifs is 7. The molecular formula is C47H76O17. The minimum absolute atomic E-state index is 0.00316. The molecule has 8 rings (SSSR count). The van der Waals surface area contributed by atoms with Gasteiger partial charge in [-0.1, -0.05) is 53.2 Å². The molecule has 8 aliphatic rings. The number of allylic oxidation sites excluding steroid dienone is 2. The average Bonchev–Trinajstić information content (AvgIpc) is 3.54. The summed E-state index contributed by atoms with van der Waals surface area (Å²) >= 11 is 0. The molecule has 3 saturated heterocycles. The molecule has 17 heteroatoms. The van der Waals surface area contributed by atoms with Gasteiger partial charge in [-0.25, -0.2) is 0 Å². The standard InChI is InChI=1S/C47H76O17/c1-22-30(51)36(63-38-34(55)33(54)31(52)25(19-48)60-38)35(56)39(59-22)64-37-32(53)26(20-49)61-40(37)62-29-11-12-43(4)27(44(29,5)21-50)10-13-46(7)28(43)9-8-23-24-18-42(2,3)14-16-47(24,41(57)58)17-15-45(23,46)6/h8,22,24-40,48-56H,9-21H2,1-7H3,(H,57,58)/t22-,24-,25+,26-,27+,28+,29-,30-,31+,32-,33-,34-,35+,36+,37+,38-,39-,40-,43-,44-,45+,46+,47-/m0/s1. The molecule has 0 unspecified atom stereocenters. The number of aliphatic carboxylic acids is 1. The molecule has 3 heterocycles. The van der Waals surface area contributed by atoms with Gasteiger partial charge in [0.1, 0.15) is 61.0 Å². The Labute approximate surface area is 376 Å². The molecular weight excluding hydrogens is 837 g/mol. The maximum Gasteiger partial charge on any atom is 0.310 e. The van der Waals surface area contributed by atoms with E-state index >= 15 is 0 Å². The summed E-state index contributed by atoms with van der Waals surface area (Å²) in [6.45, 7) is 13.8. The van der Waals surface area contributed by atoms with E-state index in [1.54, 1.807) is 0 Å². The van der Waals surface area contributed by atoms with Crippen molar-refractivity contribution in [3.63, 3.8) is 0 Å². The van der Waals surface area contributed by atoms with Crippen LogP contribution in [0.25, 0.3) is 0 Å². The molecule has 3 aliphatic heterocycles. The normalized spacial score (nSPS) is 54.8. The predicted octanol–water partition coefficient (Wildman–Crippen LogP) is 1.35. The number of aliphatic hydroxyl groups excluding tert-OH is 9. The van der Waals surface area contributed by atoms with Crippen molar-refractivity contribution in [3.8, 4) is 0 Å². The number of rotatable bonds is 10. The molecule has 0 radical (unpaired) electrons. The summed E-state index contributed by atoms with van der Waals surface area (Å²) in [7, 11) is 0. The van der Waals surface area contributed by atoms with Crippen molar-refractivity contribution in [2.45, 2.75) is 205 Å². The minimum atomic E-state index is -1.82. The lowest BCUT2D eigenvalue weighted by atomic mass is 9.33. The van der Waals surface area contributed by atoms with E-state index in [1.807, 2.05) is 6.92 Å². The molecule has 10 N–H and O–H groups in total. The highest BCUT2D eigenvalue weighted by atomic mass is 16.8. The van der Waals surface area contributed by atoms with Gasteiger partial charge in [-0.15, -0.1) is 0 Å². The van der Waals surface area contributed by atoms with E-state index in [0.29, 0.717) is 19.3 Å². The zero-order chi connectivity index (χ0) is 46.7. The summed E-state index contributed by atoms with van der Waals surface area (Å²) < 4.78 is 36.3. The van der Waals surface area contributed by atoms with Gasteiger partial charge in [0.15, 0.2) is 18.9 Å². The Morgan fingerprint density at radius 2 is 1.30 bits per heavy atom. The lowest BCUT2D eigenvalue weighted by Crippen LogP contribution is -2.66. The predicted molar refractivity (Wildman–Crippen MR) is 225 cm³/mol. The van der Waals surface area contributed by atoms with Gasteiger partial charge in [0, 0.05) is 5.41 Å². The second kappa shape index (κ2) is 17.2. The number of hydrogen-bond acceptors (Lipinski definition) is 16. The lowest BCUT2D eigenvalue weighted by Gasteiger charge is -2.71. The van der Waals surface area contributed by atoms with Crippen molar-refractivity contribution in [1.82, 2.24) is 0 Å². The van der Waals surface area contributed by atoms with Gasteiger partial charge in [0.25, 0.3) is 0 Å². The third kappa shape index (κ3) is 7.40. The summed E-state index contributed by atoms with van der Waals surface area (Å²) in [5.41, 5.74) is -0.607. The van der Waals surface area contributed by atoms with E-state index in [-0.39, 0.29) is 46.0 Å². The van der Waals surface area contributed by atoms with Gasteiger partial charge in [0.05, 0.1) is 37.4 Å². The van der Waals surface area contributed by atoms with E-state index in [9.17, 15) is 55.9 Å². The fraction of sp³-hybridized carbons (Fsp3) is 0.936. The minimum Gasteiger partial charge on any atom is -0.481 e. The maximum atomic E-state index is 13.1. The molecule has 7 fully saturated rings. The number of carbonyl (C=O) groups is 1. The number of carboxylic acid groups (broad SMARTS) is 1. The summed E-state index contributed by atoms with van der Waals surface area (Å²) in [4.78, 5) is 13.1. The second-order valence-corrected chi connectivity index (χ2v) is 22.8. The van der Waals surface area contributed by atoms with Crippen LogP contribution >= 0.6 is 0 Å².